The summed E-state index contributed by atoms with van der Waals surface area (Å²) >= 11 is 0. The zero-order chi connectivity index (χ0) is 13.1. The van der Waals surface area contributed by atoms with Gasteiger partial charge in [-0.1, -0.05) is 0 Å². The van der Waals surface area contributed by atoms with Crippen molar-refractivity contribution < 1.29 is 9.72 Å². The second-order valence-electron chi connectivity index (χ2n) is 4.56. The highest BCUT2D eigenvalue weighted by molar-refractivity contribution is 5.99. The minimum atomic E-state index is -0.503. The Morgan fingerprint density at radius 3 is 2.50 bits per heavy atom. The van der Waals surface area contributed by atoms with Crippen molar-refractivity contribution >= 4 is 17.2 Å². The molecule has 0 bridgehead atoms. The van der Waals surface area contributed by atoms with Crippen LogP contribution < -0.4 is 4.90 Å². The van der Waals surface area contributed by atoms with Crippen molar-refractivity contribution in [3.63, 3.8) is 0 Å². The number of hydrogen-bond acceptors (Lipinski definition) is 4. The number of nitro groups is 1. The first-order valence-corrected chi connectivity index (χ1v) is 6.14. The molecule has 1 aromatic carbocycles. The molecule has 2 rings (SSSR count). The summed E-state index contributed by atoms with van der Waals surface area (Å²) in [5.41, 5.74) is 0.997. The van der Waals surface area contributed by atoms with Gasteiger partial charge in [-0.25, -0.2) is 0 Å². The number of carbonyl (C=O) groups is 1. The summed E-state index contributed by atoms with van der Waals surface area (Å²) in [6.07, 6.45) is 3.49. The molecule has 96 valence electrons. The maximum absolute atomic E-state index is 11.5. The largest absolute Gasteiger partial charge is 0.372 e. The molecule has 0 unspecified atom stereocenters. The summed E-state index contributed by atoms with van der Waals surface area (Å²) in [6.45, 7) is 3.27. The van der Waals surface area contributed by atoms with Crippen LogP contribution in [0.3, 0.4) is 0 Å². The lowest BCUT2D eigenvalue weighted by Crippen LogP contribution is -2.29. The summed E-state index contributed by atoms with van der Waals surface area (Å²) in [7, 11) is 0. The van der Waals surface area contributed by atoms with Crippen LogP contribution in [0.25, 0.3) is 0 Å². The number of hydrogen-bond donors (Lipinski definition) is 0. The zero-order valence-corrected chi connectivity index (χ0v) is 10.4. The van der Waals surface area contributed by atoms with E-state index in [0.29, 0.717) is 0 Å². The van der Waals surface area contributed by atoms with Gasteiger partial charge in [0.25, 0.3) is 5.69 Å². The van der Waals surface area contributed by atoms with Gasteiger partial charge in [-0.2, -0.15) is 0 Å². The van der Waals surface area contributed by atoms with Crippen LogP contribution in [-0.4, -0.2) is 23.8 Å². The lowest BCUT2D eigenvalue weighted by Gasteiger charge is -2.28. The van der Waals surface area contributed by atoms with E-state index in [1.54, 1.807) is 12.1 Å². The number of nitro benzene ring substituents is 1. The van der Waals surface area contributed by atoms with Crippen LogP contribution in [0, 0.1) is 10.1 Å². The second kappa shape index (κ2) is 5.16. The number of nitrogens with zero attached hydrogens (tertiary/aromatic N) is 2. The van der Waals surface area contributed by atoms with Crippen LogP contribution >= 0.6 is 0 Å². The summed E-state index contributed by atoms with van der Waals surface area (Å²) in [5.74, 6) is -0.263. The molecule has 1 aliphatic heterocycles. The fraction of sp³-hybridized carbons (Fsp3) is 0.462. The van der Waals surface area contributed by atoms with Gasteiger partial charge in [0.05, 0.1) is 10.5 Å². The second-order valence-corrected chi connectivity index (χ2v) is 4.56. The third-order valence-electron chi connectivity index (χ3n) is 3.28. The molecular weight excluding hydrogens is 232 g/mol. The molecule has 0 N–H and O–H groups in total. The fourth-order valence-corrected chi connectivity index (χ4v) is 2.31. The lowest BCUT2D eigenvalue weighted by molar-refractivity contribution is -0.385. The molecule has 5 heteroatoms. The van der Waals surface area contributed by atoms with Crippen molar-refractivity contribution in [3.05, 3.63) is 33.9 Å². The van der Waals surface area contributed by atoms with Crippen molar-refractivity contribution in [1.29, 1.82) is 0 Å². The summed E-state index contributed by atoms with van der Waals surface area (Å²) in [4.78, 5) is 24.0. The Labute approximate surface area is 106 Å². The highest BCUT2D eigenvalue weighted by Crippen LogP contribution is 2.27. The molecule has 0 spiro atoms. The zero-order valence-electron chi connectivity index (χ0n) is 10.4. The van der Waals surface area contributed by atoms with Crippen molar-refractivity contribution in [2.75, 3.05) is 18.0 Å². The molecular formula is C13H16N2O3. The molecule has 1 saturated heterocycles. The Morgan fingerprint density at radius 2 is 1.94 bits per heavy atom. The predicted molar refractivity (Wildman–Crippen MR) is 69.2 cm³/mol. The highest BCUT2D eigenvalue weighted by Gasteiger charge is 2.20. The number of carbonyl (C=O) groups excluding carboxylic acids is 1. The van der Waals surface area contributed by atoms with E-state index in [1.165, 1.54) is 19.4 Å². The third-order valence-corrected chi connectivity index (χ3v) is 3.28. The number of ketones is 1. The van der Waals surface area contributed by atoms with Crippen molar-refractivity contribution in [3.8, 4) is 0 Å². The van der Waals surface area contributed by atoms with E-state index in [0.717, 1.165) is 31.6 Å². The standard InChI is InChI=1S/C13H16N2O3/c1-10(16)12-9-11(5-6-13(12)15(17)18)14-7-3-2-4-8-14/h5-6,9H,2-4,7-8H2,1H3. The molecule has 0 aliphatic carbocycles. The van der Waals surface area contributed by atoms with Gasteiger partial charge in [-0.05, 0) is 38.3 Å². The monoisotopic (exact) mass is 248 g/mol. The topological polar surface area (TPSA) is 63.5 Å². The van der Waals surface area contributed by atoms with Gasteiger partial charge in [0.15, 0.2) is 5.78 Å². The van der Waals surface area contributed by atoms with Gasteiger partial charge in [0.2, 0.25) is 0 Å². The smallest absolute Gasteiger partial charge is 0.280 e. The minimum Gasteiger partial charge on any atom is -0.372 e. The molecule has 0 amide bonds. The van der Waals surface area contributed by atoms with Gasteiger partial charge in [-0.3, -0.25) is 14.9 Å². The first kappa shape index (κ1) is 12.5. The molecule has 0 radical (unpaired) electrons. The van der Waals surface area contributed by atoms with E-state index < -0.39 is 4.92 Å². The number of Topliss-reactive ketones (excluding diaryl/α,β-unsaturated/α-hetero) is 1. The highest BCUT2D eigenvalue weighted by atomic mass is 16.6. The normalized spacial score (nSPS) is 15.5. The third kappa shape index (κ3) is 2.50. The van der Waals surface area contributed by atoms with Gasteiger partial charge < -0.3 is 4.90 Å². The fourth-order valence-electron chi connectivity index (χ4n) is 2.31. The van der Waals surface area contributed by atoms with E-state index in [9.17, 15) is 14.9 Å². The number of anilines is 1. The van der Waals surface area contributed by atoms with Crippen LogP contribution in [0.2, 0.25) is 0 Å². The van der Waals surface area contributed by atoms with E-state index >= 15 is 0 Å². The average molecular weight is 248 g/mol. The summed E-state index contributed by atoms with van der Waals surface area (Å²) in [5, 5.41) is 10.9. The molecule has 0 atom stereocenters. The predicted octanol–water partition coefficient (Wildman–Crippen LogP) is 2.79. The maximum atomic E-state index is 11.5. The molecule has 1 fully saturated rings. The first-order chi connectivity index (χ1) is 8.59. The van der Waals surface area contributed by atoms with Crippen molar-refractivity contribution in [2.45, 2.75) is 26.2 Å². The molecule has 5 nitrogen and oxygen atoms in total. The maximum Gasteiger partial charge on any atom is 0.280 e. The Kier molecular flexibility index (Phi) is 3.60. The van der Waals surface area contributed by atoms with E-state index in [1.807, 2.05) is 0 Å². The Hall–Kier alpha value is -1.91. The van der Waals surface area contributed by atoms with Gasteiger partial charge in [0.1, 0.15) is 0 Å². The Bertz CT molecular complexity index is 479. The van der Waals surface area contributed by atoms with Gasteiger partial charge in [-0.15, -0.1) is 0 Å². The summed E-state index contributed by atoms with van der Waals surface area (Å²) in [6, 6.07) is 4.81. The Morgan fingerprint density at radius 1 is 1.28 bits per heavy atom. The number of rotatable bonds is 3. The molecule has 18 heavy (non-hydrogen) atoms. The lowest BCUT2D eigenvalue weighted by atomic mass is 10.1. The number of benzene rings is 1. The van der Waals surface area contributed by atoms with Crippen molar-refractivity contribution in [2.24, 2.45) is 0 Å². The molecule has 0 saturated carbocycles. The van der Waals surface area contributed by atoms with E-state index in [-0.39, 0.29) is 17.0 Å². The van der Waals surface area contributed by atoms with Crippen LogP contribution in [0.15, 0.2) is 18.2 Å². The Balaban J connectivity index is 2.36. The van der Waals surface area contributed by atoms with Gasteiger partial charge >= 0.3 is 0 Å². The average Bonchev–Trinajstić information content (AvgIpc) is 2.39. The van der Waals surface area contributed by atoms with Gasteiger partial charge in [0, 0.05) is 24.8 Å². The minimum absolute atomic E-state index is 0.108. The van der Waals surface area contributed by atoms with E-state index in [4.69, 9.17) is 0 Å². The quantitative estimate of drug-likeness (QED) is 0.468. The molecule has 1 heterocycles. The van der Waals surface area contributed by atoms with Crippen LogP contribution in [0.1, 0.15) is 36.5 Å². The van der Waals surface area contributed by atoms with Crippen LogP contribution in [0.4, 0.5) is 11.4 Å². The van der Waals surface area contributed by atoms with Crippen LogP contribution in [0.5, 0.6) is 0 Å². The van der Waals surface area contributed by atoms with Crippen molar-refractivity contribution in [1.82, 2.24) is 0 Å². The molecule has 1 aliphatic rings. The number of piperidine rings is 1. The summed E-state index contributed by atoms with van der Waals surface area (Å²) < 4.78 is 0. The van der Waals surface area contributed by atoms with E-state index in [2.05, 4.69) is 4.90 Å². The van der Waals surface area contributed by atoms with Crippen LogP contribution in [-0.2, 0) is 0 Å². The SMILES string of the molecule is CC(=O)c1cc(N2CCCCC2)ccc1[N+](=O)[O-]. The first-order valence-electron chi connectivity index (χ1n) is 6.14. The molecule has 1 aromatic rings. The molecule has 0 aromatic heterocycles.